The second-order valence-corrected chi connectivity index (χ2v) is 5.62. The average molecular weight is 275 g/mol. The Bertz CT molecular complexity index is 518. The average Bonchev–Trinajstić information content (AvgIpc) is 2.31. The van der Waals surface area contributed by atoms with E-state index in [-0.39, 0.29) is 18.0 Å². The zero-order valence-corrected chi connectivity index (χ0v) is 12.2. The van der Waals surface area contributed by atoms with Gasteiger partial charge in [0, 0.05) is 13.5 Å². The van der Waals surface area contributed by atoms with Gasteiger partial charge in [0.25, 0.3) is 0 Å². The molecule has 0 bridgehead atoms. The summed E-state index contributed by atoms with van der Waals surface area (Å²) in [5, 5.41) is 2.79. The summed E-state index contributed by atoms with van der Waals surface area (Å²) in [6.45, 7) is 6.11. The topological polar surface area (TPSA) is 55.4 Å². The minimum absolute atomic E-state index is 0.0121. The Morgan fingerprint density at radius 1 is 1.30 bits per heavy atom. The predicted molar refractivity (Wildman–Crippen MR) is 76.5 cm³/mol. The van der Waals surface area contributed by atoms with E-state index in [4.69, 9.17) is 4.74 Å². The lowest BCUT2D eigenvalue weighted by atomic mass is 9.82. The lowest BCUT2D eigenvalue weighted by Crippen LogP contribution is -2.40. The van der Waals surface area contributed by atoms with Crippen LogP contribution in [0.4, 0.5) is 0 Å². The number of carbonyl (C=O) groups excluding carboxylic acids is 2. The Morgan fingerprint density at radius 3 is 2.60 bits per heavy atom. The third kappa shape index (κ3) is 3.59. The number of benzene rings is 1. The van der Waals surface area contributed by atoms with Crippen molar-refractivity contribution >= 4 is 11.9 Å². The van der Waals surface area contributed by atoms with Gasteiger partial charge in [-0.05, 0) is 44.2 Å². The molecule has 1 aliphatic rings. The fourth-order valence-corrected chi connectivity index (χ4v) is 2.48. The molecule has 0 unspecified atom stereocenters. The molecule has 1 fully saturated rings. The second kappa shape index (κ2) is 6.07. The van der Waals surface area contributed by atoms with Crippen LogP contribution in [0.1, 0.15) is 41.3 Å². The van der Waals surface area contributed by atoms with Gasteiger partial charge in [-0.1, -0.05) is 17.7 Å². The molecule has 1 aromatic rings. The van der Waals surface area contributed by atoms with Crippen molar-refractivity contribution < 1.29 is 14.3 Å². The van der Waals surface area contributed by atoms with Gasteiger partial charge in [0.2, 0.25) is 5.91 Å². The number of nitrogens with one attached hydrogen (secondary N) is 1. The van der Waals surface area contributed by atoms with Crippen molar-refractivity contribution in [1.29, 1.82) is 0 Å². The van der Waals surface area contributed by atoms with Crippen molar-refractivity contribution in [3.63, 3.8) is 0 Å². The van der Waals surface area contributed by atoms with E-state index in [1.807, 2.05) is 32.0 Å². The van der Waals surface area contributed by atoms with Crippen molar-refractivity contribution in [1.82, 2.24) is 5.32 Å². The molecule has 1 saturated carbocycles. The van der Waals surface area contributed by atoms with Gasteiger partial charge in [-0.3, -0.25) is 4.79 Å². The molecule has 2 rings (SSSR count). The largest absolute Gasteiger partial charge is 0.459 e. The third-order valence-corrected chi connectivity index (χ3v) is 3.71. The number of hydrogen-bond acceptors (Lipinski definition) is 3. The highest BCUT2D eigenvalue weighted by Gasteiger charge is 2.32. The molecule has 4 nitrogen and oxygen atoms in total. The summed E-state index contributed by atoms with van der Waals surface area (Å²) in [5.41, 5.74) is 2.73. The summed E-state index contributed by atoms with van der Waals surface area (Å²) in [7, 11) is 0. The number of esters is 1. The number of carbonyl (C=O) groups is 2. The van der Waals surface area contributed by atoms with Crippen molar-refractivity contribution in [3.8, 4) is 0 Å². The Kier molecular flexibility index (Phi) is 4.42. The maximum atomic E-state index is 12.1. The summed E-state index contributed by atoms with van der Waals surface area (Å²) in [6.07, 6.45) is 1.65. The van der Waals surface area contributed by atoms with Crippen LogP contribution in [0, 0.1) is 19.8 Å². The SMILES string of the molecule is CC(=O)NCC1CC(OC(=O)c2ccc(C)cc2C)C1. The molecule has 0 saturated heterocycles. The van der Waals surface area contributed by atoms with Gasteiger partial charge in [0.05, 0.1) is 5.56 Å². The fourth-order valence-electron chi connectivity index (χ4n) is 2.48. The van der Waals surface area contributed by atoms with Crippen LogP contribution in [-0.4, -0.2) is 24.5 Å². The van der Waals surface area contributed by atoms with Crippen molar-refractivity contribution in [2.45, 2.75) is 39.7 Å². The van der Waals surface area contributed by atoms with Crippen LogP contribution in [-0.2, 0) is 9.53 Å². The second-order valence-electron chi connectivity index (χ2n) is 5.62. The van der Waals surface area contributed by atoms with Crippen molar-refractivity contribution in [2.24, 2.45) is 5.92 Å². The standard InChI is InChI=1S/C16H21NO3/c1-10-4-5-15(11(2)6-10)16(19)20-14-7-13(8-14)9-17-12(3)18/h4-6,13-14H,7-9H2,1-3H3,(H,17,18). The van der Waals surface area contributed by atoms with Gasteiger partial charge in [-0.25, -0.2) is 4.79 Å². The summed E-state index contributed by atoms with van der Waals surface area (Å²) < 4.78 is 5.48. The van der Waals surface area contributed by atoms with Crippen LogP contribution < -0.4 is 5.32 Å². The summed E-state index contributed by atoms with van der Waals surface area (Å²) in [4.78, 5) is 22.9. The molecular formula is C16H21NO3. The van der Waals surface area contributed by atoms with Crippen LogP contribution in [0.2, 0.25) is 0 Å². The Morgan fingerprint density at radius 2 is 2.00 bits per heavy atom. The minimum atomic E-state index is -0.245. The first kappa shape index (κ1) is 14.6. The van der Waals surface area contributed by atoms with Crippen LogP contribution >= 0.6 is 0 Å². The lowest BCUT2D eigenvalue weighted by Gasteiger charge is -2.34. The van der Waals surface area contributed by atoms with E-state index in [9.17, 15) is 9.59 Å². The number of aryl methyl sites for hydroxylation is 2. The first-order valence-electron chi connectivity index (χ1n) is 6.98. The normalized spacial score (nSPS) is 20.9. The molecule has 1 amide bonds. The molecule has 4 heteroatoms. The maximum absolute atomic E-state index is 12.1. The molecular weight excluding hydrogens is 254 g/mol. The smallest absolute Gasteiger partial charge is 0.338 e. The Hall–Kier alpha value is -1.84. The summed E-state index contributed by atoms with van der Waals surface area (Å²) in [6, 6.07) is 5.72. The number of amides is 1. The van der Waals surface area contributed by atoms with Gasteiger partial charge in [0.1, 0.15) is 6.10 Å². The monoisotopic (exact) mass is 275 g/mol. The first-order chi connectivity index (χ1) is 9.45. The molecule has 0 aromatic heterocycles. The predicted octanol–water partition coefficient (Wildman–Crippen LogP) is 2.37. The fraction of sp³-hybridized carbons (Fsp3) is 0.500. The molecule has 20 heavy (non-hydrogen) atoms. The molecule has 1 N–H and O–H groups in total. The van der Waals surface area contributed by atoms with E-state index < -0.39 is 0 Å². The zero-order valence-electron chi connectivity index (χ0n) is 12.2. The molecule has 108 valence electrons. The molecule has 1 aromatic carbocycles. The summed E-state index contributed by atoms with van der Waals surface area (Å²) in [5.74, 6) is 0.169. The van der Waals surface area contributed by atoms with Gasteiger partial charge in [0.15, 0.2) is 0 Å². The number of hydrogen-bond donors (Lipinski definition) is 1. The molecule has 0 atom stereocenters. The van der Waals surface area contributed by atoms with Crippen LogP contribution in [0.15, 0.2) is 18.2 Å². The highest BCUT2D eigenvalue weighted by atomic mass is 16.5. The highest BCUT2D eigenvalue weighted by molar-refractivity contribution is 5.91. The van der Waals surface area contributed by atoms with Crippen LogP contribution in [0.25, 0.3) is 0 Å². The van der Waals surface area contributed by atoms with E-state index in [1.54, 1.807) is 0 Å². The van der Waals surface area contributed by atoms with E-state index in [2.05, 4.69) is 5.32 Å². The van der Waals surface area contributed by atoms with Crippen molar-refractivity contribution in [2.75, 3.05) is 6.54 Å². The molecule has 0 spiro atoms. The molecule has 0 aliphatic heterocycles. The van der Waals surface area contributed by atoms with Gasteiger partial charge >= 0.3 is 5.97 Å². The molecule has 0 radical (unpaired) electrons. The lowest BCUT2D eigenvalue weighted by molar-refractivity contribution is -0.119. The van der Waals surface area contributed by atoms with Gasteiger partial charge in [-0.15, -0.1) is 0 Å². The van der Waals surface area contributed by atoms with E-state index in [0.717, 1.165) is 24.0 Å². The third-order valence-electron chi connectivity index (χ3n) is 3.71. The Balaban J connectivity index is 1.81. The Labute approximate surface area is 119 Å². The van der Waals surface area contributed by atoms with E-state index in [0.29, 0.717) is 18.0 Å². The van der Waals surface area contributed by atoms with E-state index >= 15 is 0 Å². The first-order valence-corrected chi connectivity index (χ1v) is 6.98. The quantitative estimate of drug-likeness (QED) is 0.858. The molecule has 1 aliphatic carbocycles. The number of rotatable bonds is 4. The van der Waals surface area contributed by atoms with Crippen molar-refractivity contribution in [3.05, 3.63) is 34.9 Å². The van der Waals surface area contributed by atoms with Gasteiger partial charge in [-0.2, -0.15) is 0 Å². The summed E-state index contributed by atoms with van der Waals surface area (Å²) >= 11 is 0. The number of ether oxygens (including phenoxy) is 1. The highest BCUT2D eigenvalue weighted by Crippen LogP contribution is 2.30. The minimum Gasteiger partial charge on any atom is -0.459 e. The zero-order chi connectivity index (χ0) is 14.7. The maximum Gasteiger partial charge on any atom is 0.338 e. The van der Waals surface area contributed by atoms with Gasteiger partial charge < -0.3 is 10.1 Å². The van der Waals surface area contributed by atoms with Crippen LogP contribution in [0.5, 0.6) is 0 Å². The van der Waals surface area contributed by atoms with Crippen LogP contribution in [0.3, 0.4) is 0 Å². The van der Waals surface area contributed by atoms with E-state index in [1.165, 1.54) is 6.92 Å². The molecule has 0 heterocycles.